The van der Waals surface area contributed by atoms with Crippen LogP contribution in [0.2, 0.25) is 0 Å². The van der Waals surface area contributed by atoms with Gasteiger partial charge in [0.2, 0.25) is 5.91 Å². The third-order valence-electron chi connectivity index (χ3n) is 1.59. The number of anilines is 1. The fourth-order valence-corrected chi connectivity index (χ4v) is 1.75. The highest BCUT2D eigenvalue weighted by molar-refractivity contribution is 7.13. The van der Waals surface area contributed by atoms with Crippen LogP contribution in [0.25, 0.3) is 10.7 Å². The van der Waals surface area contributed by atoms with E-state index in [4.69, 9.17) is 0 Å². The van der Waals surface area contributed by atoms with Crippen LogP contribution in [0.1, 0.15) is 6.92 Å². The molecule has 76 valence electrons. The number of aromatic nitrogens is 3. The molecule has 0 radical (unpaired) electrons. The monoisotopic (exact) mass is 220 g/mol. The highest BCUT2D eigenvalue weighted by atomic mass is 32.1. The van der Waals surface area contributed by atoms with Crippen LogP contribution in [0, 0.1) is 0 Å². The zero-order chi connectivity index (χ0) is 10.7. The van der Waals surface area contributed by atoms with Gasteiger partial charge >= 0.3 is 0 Å². The molecule has 2 rings (SSSR count). The predicted molar refractivity (Wildman–Crippen MR) is 57.4 cm³/mol. The van der Waals surface area contributed by atoms with E-state index < -0.39 is 0 Å². The molecule has 2 aromatic rings. The molecule has 2 heterocycles. The van der Waals surface area contributed by atoms with Crippen LogP contribution >= 0.6 is 11.3 Å². The third-order valence-corrected chi connectivity index (χ3v) is 2.46. The molecule has 0 saturated heterocycles. The van der Waals surface area contributed by atoms with Crippen molar-refractivity contribution < 1.29 is 4.79 Å². The molecule has 0 aliphatic carbocycles. The SMILES string of the molecule is CC(=O)Nc1csc(-c2cnccn2)n1. The summed E-state index contributed by atoms with van der Waals surface area (Å²) in [4.78, 5) is 23.1. The van der Waals surface area contributed by atoms with Crippen LogP contribution in [0.3, 0.4) is 0 Å². The molecule has 0 aromatic carbocycles. The molecule has 0 fully saturated rings. The van der Waals surface area contributed by atoms with Crippen LogP contribution in [0.4, 0.5) is 5.82 Å². The number of nitrogens with zero attached hydrogens (tertiary/aromatic N) is 3. The zero-order valence-electron chi connectivity index (χ0n) is 7.97. The Kier molecular flexibility index (Phi) is 2.68. The minimum absolute atomic E-state index is 0.133. The van der Waals surface area contributed by atoms with Crippen molar-refractivity contribution in [1.82, 2.24) is 15.0 Å². The van der Waals surface area contributed by atoms with Crippen molar-refractivity contribution in [2.75, 3.05) is 5.32 Å². The molecule has 2 aromatic heterocycles. The maximum Gasteiger partial charge on any atom is 0.222 e. The summed E-state index contributed by atoms with van der Waals surface area (Å²) < 4.78 is 0. The van der Waals surface area contributed by atoms with E-state index in [9.17, 15) is 4.79 Å². The third kappa shape index (κ3) is 2.35. The van der Waals surface area contributed by atoms with Crippen LogP contribution in [-0.2, 0) is 4.79 Å². The minimum Gasteiger partial charge on any atom is -0.310 e. The first-order valence-corrected chi connectivity index (χ1v) is 5.13. The van der Waals surface area contributed by atoms with Crippen LogP contribution < -0.4 is 5.32 Å². The first-order valence-electron chi connectivity index (χ1n) is 4.25. The maximum absolute atomic E-state index is 10.8. The molecule has 15 heavy (non-hydrogen) atoms. The van der Waals surface area contributed by atoms with E-state index in [0.717, 1.165) is 5.01 Å². The number of carbonyl (C=O) groups excluding carboxylic acids is 1. The molecule has 0 saturated carbocycles. The standard InChI is InChI=1S/C9H8N4OS/c1-6(14)12-8-5-15-9(13-8)7-4-10-2-3-11-7/h2-5H,1H3,(H,12,14). The first-order chi connectivity index (χ1) is 7.25. The number of thiazole rings is 1. The van der Waals surface area contributed by atoms with Crippen molar-refractivity contribution in [3.05, 3.63) is 24.0 Å². The van der Waals surface area contributed by atoms with E-state index in [2.05, 4.69) is 20.3 Å². The molecule has 0 aliphatic heterocycles. The Bertz CT molecular complexity index is 468. The summed E-state index contributed by atoms with van der Waals surface area (Å²) >= 11 is 1.42. The van der Waals surface area contributed by atoms with Gasteiger partial charge in [0.25, 0.3) is 0 Å². The van der Waals surface area contributed by atoms with Gasteiger partial charge in [-0.25, -0.2) is 4.98 Å². The van der Waals surface area contributed by atoms with Crippen molar-refractivity contribution in [2.24, 2.45) is 0 Å². The maximum atomic E-state index is 10.8. The Labute approximate surface area is 90.2 Å². The van der Waals surface area contributed by atoms with Crippen molar-refractivity contribution in [3.63, 3.8) is 0 Å². The van der Waals surface area contributed by atoms with E-state index in [1.54, 1.807) is 24.0 Å². The van der Waals surface area contributed by atoms with Crippen LogP contribution in [-0.4, -0.2) is 20.9 Å². The Hall–Kier alpha value is -1.82. The molecular weight excluding hydrogens is 212 g/mol. The fourth-order valence-electron chi connectivity index (χ4n) is 1.04. The minimum atomic E-state index is -0.133. The Morgan fingerprint density at radius 3 is 3.00 bits per heavy atom. The van der Waals surface area contributed by atoms with Gasteiger partial charge in [-0.2, -0.15) is 0 Å². The van der Waals surface area contributed by atoms with Gasteiger partial charge in [-0.1, -0.05) is 0 Å². The van der Waals surface area contributed by atoms with Gasteiger partial charge in [0.15, 0.2) is 0 Å². The lowest BCUT2D eigenvalue weighted by Gasteiger charge is -1.94. The normalized spacial score (nSPS) is 9.93. The summed E-state index contributed by atoms with van der Waals surface area (Å²) in [6, 6.07) is 0. The molecule has 6 heteroatoms. The van der Waals surface area contributed by atoms with E-state index in [0.29, 0.717) is 11.5 Å². The summed E-state index contributed by atoms with van der Waals surface area (Å²) in [6.45, 7) is 1.45. The highest BCUT2D eigenvalue weighted by Gasteiger charge is 2.06. The van der Waals surface area contributed by atoms with Crippen molar-refractivity contribution in [3.8, 4) is 10.7 Å². The van der Waals surface area contributed by atoms with E-state index in [1.165, 1.54) is 18.3 Å². The van der Waals surface area contributed by atoms with Crippen molar-refractivity contribution in [1.29, 1.82) is 0 Å². The lowest BCUT2D eigenvalue weighted by atomic mass is 10.5. The first kappa shape index (κ1) is 9.72. The lowest BCUT2D eigenvalue weighted by Crippen LogP contribution is -2.05. The number of hydrogen-bond acceptors (Lipinski definition) is 5. The molecule has 0 atom stereocenters. The average molecular weight is 220 g/mol. The molecule has 0 aliphatic rings. The largest absolute Gasteiger partial charge is 0.310 e. The summed E-state index contributed by atoms with van der Waals surface area (Å²) in [5, 5.41) is 5.12. The predicted octanol–water partition coefficient (Wildman–Crippen LogP) is 1.56. The second kappa shape index (κ2) is 4.14. The average Bonchev–Trinajstić information content (AvgIpc) is 2.67. The fraction of sp³-hybridized carbons (Fsp3) is 0.111. The summed E-state index contributed by atoms with van der Waals surface area (Å²) in [5.41, 5.74) is 0.708. The van der Waals surface area contributed by atoms with Gasteiger partial charge in [-0.3, -0.25) is 14.8 Å². The molecule has 0 unspecified atom stereocenters. The molecular formula is C9H8N4OS. The van der Waals surface area contributed by atoms with E-state index >= 15 is 0 Å². The van der Waals surface area contributed by atoms with Gasteiger partial charge in [0.1, 0.15) is 16.5 Å². The molecule has 0 bridgehead atoms. The topological polar surface area (TPSA) is 67.8 Å². The summed E-state index contributed by atoms with van der Waals surface area (Å²) in [5.74, 6) is 0.416. The van der Waals surface area contributed by atoms with Gasteiger partial charge < -0.3 is 5.32 Å². The quantitative estimate of drug-likeness (QED) is 0.833. The molecule has 1 amide bonds. The smallest absolute Gasteiger partial charge is 0.222 e. The molecule has 5 nitrogen and oxygen atoms in total. The van der Waals surface area contributed by atoms with E-state index in [-0.39, 0.29) is 5.91 Å². The number of amides is 1. The molecule has 0 spiro atoms. The Morgan fingerprint density at radius 2 is 2.33 bits per heavy atom. The highest BCUT2D eigenvalue weighted by Crippen LogP contribution is 2.23. The van der Waals surface area contributed by atoms with Gasteiger partial charge in [-0.15, -0.1) is 11.3 Å². The second-order valence-corrected chi connectivity index (χ2v) is 3.67. The van der Waals surface area contributed by atoms with Crippen molar-refractivity contribution >= 4 is 23.1 Å². The summed E-state index contributed by atoms with van der Waals surface area (Å²) in [6.07, 6.45) is 4.84. The number of rotatable bonds is 2. The van der Waals surface area contributed by atoms with Gasteiger partial charge in [0.05, 0.1) is 6.20 Å². The van der Waals surface area contributed by atoms with Gasteiger partial charge in [-0.05, 0) is 0 Å². The van der Waals surface area contributed by atoms with E-state index in [1.807, 2.05) is 0 Å². The number of nitrogens with one attached hydrogen (secondary N) is 1. The molecule has 1 N–H and O–H groups in total. The Balaban J connectivity index is 2.24. The van der Waals surface area contributed by atoms with Crippen molar-refractivity contribution in [2.45, 2.75) is 6.92 Å². The Morgan fingerprint density at radius 1 is 1.47 bits per heavy atom. The summed E-state index contributed by atoms with van der Waals surface area (Å²) in [7, 11) is 0. The lowest BCUT2D eigenvalue weighted by molar-refractivity contribution is -0.114. The zero-order valence-corrected chi connectivity index (χ0v) is 8.78. The number of hydrogen-bond donors (Lipinski definition) is 1. The van der Waals surface area contributed by atoms with Crippen LogP contribution in [0.15, 0.2) is 24.0 Å². The number of carbonyl (C=O) groups is 1. The van der Waals surface area contributed by atoms with Gasteiger partial charge in [0, 0.05) is 24.7 Å². The van der Waals surface area contributed by atoms with Crippen LogP contribution in [0.5, 0.6) is 0 Å². The second-order valence-electron chi connectivity index (χ2n) is 2.81.